The Hall–Kier alpha value is -1.27. The molecule has 0 saturated carbocycles. The maximum absolute atomic E-state index is 13.0. The second kappa shape index (κ2) is 5.26. The smallest absolute Gasteiger partial charge is 0.399 e. The van der Waals surface area contributed by atoms with E-state index in [9.17, 15) is 18.3 Å². The number of rotatable bonds is 2. The summed E-state index contributed by atoms with van der Waals surface area (Å²) < 4.78 is 39.0. The largest absolute Gasteiger partial charge is 0.416 e. The highest BCUT2D eigenvalue weighted by Crippen LogP contribution is 2.34. The fraction of sp³-hybridized carbons (Fsp3) is 0.571. The predicted molar refractivity (Wildman–Crippen MR) is 71.0 cm³/mol. The quantitative estimate of drug-likeness (QED) is 0.823. The molecular weight excluding hydrogens is 269 g/mol. The standard InChI is InChI=1S/C14H19F3N2O/c1-13(20)5-2-6-19(9-13)8-10-3-4-11(18)7-12(10)14(15,16)17/h3-4,7,20H,2,5-6,8-9,18H2,1H3. The number of anilines is 1. The van der Waals surface area contributed by atoms with Crippen LogP contribution in [0.4, 0.5) is 18.9 Å². The number of β-amino-alcohol motifs (C(OH)–C–C–N with tert-alkyl or cyclic N) is 1. The topological polar surface area (TPSA) is 49.5 Å². The average Bonchev–Trinajstić information content (AvgIpc) is 2.29. The van der Waals surface area contributed by atoms with Gasteiger partial charge < -0.3 is 10.8 Å². The normalized spacial score (nSPS) is 24.9. The molecule has 1 fully saturated rings. The highest BCUT2D eigenvalue weighted by atomic mass is 19.4. The van der Waals surface area contributed by atoms with E-state index < -0.39 is 17.3 Å². The van der Waals surface area contributed by atoms with Gasteiger partial charge in [0.25, 0.3) is 0 Å². The Morgan fingerprint density at radius 2 is 2.10 bits per heavy atom. The molecular formula is C14H19F3N2O. The first kappa shape index (κ1) is 15.1. The van der Waals surface area contributed by atoms with Crippen molar-refractivity contribution in [1.82, 2.24) is 4.90 Å². The fourth-order valence-electron chi connectivity index (χ4n) is 2.70. The average molecular weight is 288 g/mol. The summed E-state index contributed by atoms with van der Waals surface area (Å²) in [5, 5.41) is 10.0. The minimum atomic E-state index is -4.41. The van der Waals surface area contributed by atoms with E-state index in [0.29, 0.717) is 19.5 Å². The number of hydrogen-bond donors (Lipinski definition) is 2. The molecule has 112 valence electrons. The summed E-state index contributed by atoms with van der Waals surface area (Å²) in [4.78, 5) is 1.85. The first-order valence-electron chi connectivity index (χ1n) is 6.58. The molecule has 1 aliphatic heterocycles. The van der Waals surface area contributed by atoms with Gasteiger partial charge in [-0.15, -0.1) is 0 Å². The van der Waals surface area contributed by atoms with Gasteiger partial charge in [-0.05, 0) is 44.0 Å². The van der Waals surface area contributed by atoms with Gasteiger partial charge in [0.05, 0.1) is 11.2 Å². The Morgan fingerprint density at radius 1 is 1.40 bits per heavy atom. The lowest BCUT2D eigenvalue weighted by Crippen LogP contribution is -2.45. The van der Waals surface area contributed by atoms with E-state index in [1.165, 1.54) is 12.1 Å². The molecule has 6 heteroatoms. The maximum Gasteiger partial charge on any atom is 0.416 e. The van der Waals surface area contributed by atoms with Crippen LogP contribution in [-0.2, 0) is 12.7 Å². The zero-order valence-corrected chi connectivity index (χ0v) is 11.4. The van der Waals surface area contributed by atoms with E-state index in [-0.39, 0.29) is 17.8 Å². The monoisotopic (exact) mass is 288 g/mol. The van der Waals surface area contributed by atoms with Crippen LogP contribution >= 0.6 is 0 Å². The van der Waals surface area contributed by atoms with Gasteiger partial charge in [0.1, 0.15) is 0 Å². The highest BCUT2D eigenvalue weighted by molar-refractivity contribution is 5.46. The van der Waals surface area contributed by atoms with Crippen molar-refractivity contribution in [2.45, 2.75) is 38.1 Å². The summed E-state index contributed by atoms with van der Waals surface area (Å²) >= 11 is 0. The molecule has 1 unspecified atom stereocenters. The summed E-state index contributed by atoms with van der Waals surface area (Å²) in [6.45, 7) is 2.96. The fourth-order valence-corrected chi connectivity index (χ4v) is 2.70. The van der Waals surface area contributed by atoms with Crippen molar-refractivity contribution in [1.29, 1.82) is 0 Å². The van der Waals surface area contributed by atoms with E-state index in [0.717, 1.165) is 12.5 Å². The third-order valence-corrected chi connectivity index (χ3v) is 3.59. The van der Waals surface area contributed by atoms with Crippen molar-refractivity contribution in [3.8, 4) is 0 Å². The summed E-state index contributed by atoms with van der Waals surface area (Å²) in [5.41, 5.74) is 4.23. The summed E-state index contributed by atoms with van der Waals surface area (Å²) in [6.07, 6.45) is -2.95. The number of nitrogens with two attached hydrogens (primary N) is 1. The van der Waals surface area contributed by atoms with Gasteiger partial charge in [-0.2, -0.15) is 13.2 Å². The molecule has 1 heterocycles. The molecule has 1 aromatic rings. The van der Waals surface area contributed by atoms with Crippen LogP contribution in [-0.4, -0.2) is 28.7 Å². The van der Waals surface area contributed by atoms with Crippen LogP contribution in [0.5, 0.6) is 0 Å². The SMILES string of the molecule is CC1(O)CCCN(Cc2ccc(N)cc2C(F)(F)F)C1. The van der Waals surface area contributed by atoms with Gasteiger partial charge in [0, 0.05) is 18.8 Å². The van der Waals surface area contributed by atoms with Crippen molar-refractivity contribution < 1.29 is 18.3 Å². The predicted octanol–water partition coefficient (Wildman–Crippen LogP) is 2.63. The Balaban J connectivity index is 2.21. The van der Waals surface area contributed by atoms with Crippen molar-refractivity contribution in [3.63, 3.8) is 0 Å². The second-order valence-electron chi connectivity index (χ2n) is 5.73. The first-order chi connectivity index (χ1) is 9.17. The molecule has 0 aliphatic carbocycles. The van der Waals surface area contributed by atoms with Crippen LogP contribution < -0.4 is 5.73 Å². The molecule has 1 saturated heterocycles. The van der Waals surface area contributed by atoms with Crippen LogP contribution in [0, 0.1) is 0 Å². The summed E-state index contributed by atoms with van der Waals surface area (Å²) in [7, 11) is 0. The van der Waals surface area contributed by atoms with Crippen molar-refractivity contribution in [2.75, 3.05) is 18.8 Å². The summed E-state index contributed by atoms with van der Waals surface area (Å²) in [6, 6.07) is 3.87. The number of halogens is 3. The third-order valence-electron chi connectivity index (χ3n) is 3.59. The number of nitrogens with zero attached hydrogens (tertiary/aromatic N) is 1. The summed E-state index contributed by atoms with van der Waals surface area (Å²) in [5.74, 6) is 0. The van der Waals surface area contributed by atoms with Crippen molar-refractivity contribution >= 4 is 5.69 Å². The van der Waals surface area contributed by atoms with E-state index in [1.807, 2.05) is 4.90 Å². The van der Waals surface area contributed by atoms with Crippen LogP contribution in [0.3, 0.4) is 0 Å². The van der Waals surface area contributed by atoms with Crippen LogP contribution in [0.2, 0.25) is 0 Å². The Bertz CT molecular complexity index is 486. The van der Waals surface area contributed by atoms with Gasteiger partial charge in [-0.25, -0.2) is 0 Å². The van der Waals surface area contributed by atoms with Gasteiger partial charge >= 0.3 is 6.18 Å². The number of alkyl halides is 3. The van der Waals surface area contributed by atoms with Crippen molar-refractivity contribution in [3.05, 3.63) is 29.3 Å². The van der Waals surface area contributed by atoms with Gasteiger partial charge in [-0.3, -0.25) is 4.90 Å². The maximum atomic E-state index is 13.0. The molecule has 0 amide bonds. The molecule has 2 rings (SSSR count). The zero-order valence-electron chi connectivity index (χ0n) is 11.4. The molecule has 0 aromatic heterocycles. The minimum Gasteiger partial charge on any atom is -0.399 e. The number of nitrogen functional groups attached to an aromatic ring is 1. The zero-order chi connectivity index (χ0) is 15.0. The van der Waals surface area contributed by atoms with E-state index >= 15 is 0 Å². The minimum absolute atomic E-state index is 0.103. The number of piperidine rings is 1. The van der Waals surface area contributed by atoms with Crippen LogP contribution in [0.15, 0.2) is 18.2 Å². The van der Waals surface area contributed by atoms with Crippen molar-refractivity contribution in [2.24, 2.45) is 0 Å². The molecule has 3 nitrogen and oxygen atoms in total. The molecule has 1 aromatic carbocycles. The number of aliphatic hydroxyl groups is 1. The van der Waals surface area contributed by atoms with E-state index in [4.69, 9.17) is 5.73 Å². The Labute approximate surface area is 116 Å². The van der Waals surface area contributed by atoms with Crippen LogP contribution in [0.25, 0.3) is 0 Å². The molecule has 3 N–H and O–H groups in total. The molecule has 1 aliphatic rings. The van der Waals surface area contributed by atoms with Gasteiger partial charge in [-0.1, -0.05) is 6.07 Å². The second-order valence-corrected chi connectivity index (χ2v) is 5.73. The molecule has 1 atom stereocenters. The van der Waals surface area contributed by atoms with Gasteiger partial charge in [0.15, 0.2) is 0 Å². The number of likely N-dealkylation sites (tertiary alicyclic amines) is 1. The Kier molecular flexibility index (Phi) is 3.97. The molecule has 0 radical (unpaired) electrons. The van der Waals surface area contributed by atoms with Crippen LogP contribution in [0.1, 0.15) is 30.9 Å². The molecule has 0 bridgehead atoms. The lowest BCUT2D eigenvalue weighted by molar-refractivity contribution is -0.138. The third kappa shape index (κ3) is 3.64. The number of hydrogen-bond acceptors (Lipinski definition) is 3. The lowest BCUT2D eigenvalue weighted by Gasteiger charge is -2.37. The first-order valence-corrected chi connectivity index (χ1v) is 6.58. The molecule has 20 heavy (non-hydrogen) atoms. The Morgan fingerprint density at radius 3 is 2.70 bits per heavy atom. The lowest BCUT2D eigenvalue weighted by atomic mass is 9.94. The van der Waals surface area contributed by atoms with E-state index in [1.54, 1.807) is 6.92 Å². The van der Waals surface area contributed by atoms with Gasteiger partial charge in [0.2, 0.25) is 0 Å². The highest BCUT2D eigenvalue weighted by Gasteiger charge is 2.35. The number of benzene rings is 1. The molecule has 0 spiro atoms. The van der Waals surface area contributed by atoms with E-state index in [2.05, 4.69) is 0 Å².